The number of nitrogens with zero attached hydrogens (tertiary/aromatic N) is 4. The summed E-state index contributed by atoms with van der Waals surface area (Å²) in [6, 6.07) is 17.2. The number of imidazole rings is 1. The van der Waals surface area contributed by atoms with E-state index in [9.17, 15) is 5.11 Å². The molecule has 0 saturated carbocycles. The van der Waals surface area contributed by atoms with Gasteiger partial charge in [0.1, 0.15) is 18.2 Å². The van der Waals surface area contributed by atoms with Crippen molar-refractivity contribution in [2.24, 2.45) is 0 Å². The summed E-state index contributed by atoms with van der Waals surface area (Å²) in [7, 11) is 0. The average molecular weight is 411 g/mol. The quantitative estimate of drug-likeness (QED) is 0.528. The minimum Gasteiger partial charge on any atom is -0.488 e. The summed E-state index contributed by atoms with van der Waals surface area (Å²) < 4.78 is 6.11. The lowest BCUT2D eigenvalue weighted by Gasteiger charge is -2.37. The van der Waals surface area contributed by atoms with Crippen LogP contribution in [0.3, 0.4) is 0 Å². The fourth-order valence-electron chi connectivity index (χ4n) is 3.92. The molecular formula is C24H21N5O2. The van der Waals surface area contributed by atoms with Crippen LogP contribution in [0.25, 0.3) is 22.4 Å². The van der Waals surface area contributed by atoms with Crippen LogP contribution in [0.2, 0.25) is 0 Å². The van der Waals surface area contributed by atoms with E-state index in [4.69, 9.17) is 15.0 Å². The Labute approximate surface area is 179 Å². The number of hydrogen-bond donors (Lipinski definition) is 2. The predicted molar refractivity (Wildman–Crippen MR) is 118 cm³/mol. The molecule has 2 aromatic carbocycles. The zero-order valence-electron chi connectivity index (χ0n) is 17.0. The van der Waals surface area contributed by atoms with E-state index in [0.29, 0.717) is 23.7 Å². The first kappa shape index (κ1) is 19.1. The molecule has 0 aliphatic carbocycles. The summed E-state index contributed by atoms with van der Waals surface area (Å²) in [5.74, 6) is 2.12. The number of H-pyrrole nitrogens is 1. The molecule has 0 saturated heterocycles. The van der Waals surface area contributed by atoms with Crippen molar-refractivity contribution in [2.75, 3.05) is 18.1 Å². The number of nitrogens with one attached hydrogen (secondary N) is 1. The second-order valence-corrected chi connectivity index (χ2v) is 7.48. The topological polar surface area (TPSA) is 98.1 Å². The van der Waals surface area contributed by atoms with E-state index < -0.39 is 0 Å². The van der Waals surface area contributed by atoms with Crippen LogP contribution in [0.4, 0.5) is 11.5 Å². The number of aromatic amines is 1. The van der Waals surface area contributed by atoms with Gasteiger partial charge in [-0.25, -0.2) is 9.97 Å². The molecule has 0 bridgehead atoms. The lowest BCUT2D eigenvalue weighted by atomic mass is 10.1. The van der Waals surface area contributed by atoms with Gasteiger partial charge < -0.3 is 19.7 Å². The standard InChI is InChI=1S/C24H21N5O2/c1-2-15-7-9-22(26-12-15)29-17(13-30)14-31-23-18(4-3-5-21(23)29)24-27-19-8-6-16(11-25)10-20(19)28-24/h3-10,12,17,30H,2,13-14H2,1H3,(H,27,28)/t17-/m0/s1. The Balaban J connectivity index is 1.62. The Morgan fingerprint density at radius 3 is 2.90 bits per heavy atom. The van der Waals surface area contributed by atoms with E-state index in [1.165, 1.54) is 0 Å². The SMILES string of the molecule is CCc1ccc(N2c3cccc(-c4nc5ccc(C#N)cc5[nH]4)c3OC[C@@H]2CO)nc1. The summed E-state index contributed by atoms with van der Waals surface area (Å²) >= 11 is 0. The molecule has 154 valence electrons. The molecule has 3 heterocycles. The van der Waals surface area contributed by atoms with E-state index in [0.717, 1.165) is 40.1 Å². The number of benzene rings is 2. The summed E-state index contributed by atoms with van der Waals surface area (Å²) in [5, 5.41) is 19.1. The van der Waals surface area contributed by atoms with Crippen LogP contribution in [-0.4, -0.2) is 39.3 Å². The van der Waals surface area contributed by atoms with Gasteiger partial charge >= 0.3 is 0 Å². The van der Waals surface area contributed by atoms with Gasteiger partial charge in [0.2, 0.25) is 0 Å². The summed E-state index contributed by atoms with van der Waals surface area (Å²) in [6.07, 6.45) is 2.79. The van der Waals surface area contributed by atoms with Crippen molar-refractivity contribution in [2.45, 2.75) is 19.4 Å². The Kier molecular flexibility index (Phi) is 4.77. The number of aryl methyl sites for hydroxylation is 1. The first-order chi connectivity index (χ1) is 15.2. The van der Waals surface area contributed by atoms with Gasteiger partial charge in [-0.2, -0.15) is 5.26 Å². The Morgan fingerprint density at radius 2 is 2.16 bits per heavy atom. The van der Waals surface area contributed by atoms with Gasteiger partial charge in [-0.3, -0.25) is 0 Å². The normalized spacial score (nSPS) is 15.4. The third kappa shape index (κ3) is 3.27. The molecule has 1 aliphatic heterocycles. The molecule has 0 fully saturated rings. The molecule has 0 spiro atoms. The van der Waals surface area contributed by atoms with Crippen LogP contribution in [0.15, 0.2) is 54.7 Å². The van der Waals surface area contributed by atoms with Crippen molar-refractivity contribution in [3.63, 3.8) is 0 Å². The Hall–Kier alpha value is -3.89. The molecular weight excluding hydrogens is 390 g/mol. The molecule has 0 amide bonds. The minimum atomic E-state index is -0.239. The van der Waals surface area contributed by atoms with E-state index in [1.807, 2.05) is 41.4 Å². The van der Waals surface area contributed by atoms with E-state index in [1.54, 1.807) is 12.1 Å². The zero-order chi connectivity index (χ0) is 21.4. The molecule has 1 atom stereocenters. The molecule has 31 heavy (non-hydrogen) atoms. The molecule has 4 aromatic rings. The molecule has 5 rings (SSSR count). The van der Waals surface area contributed by atoms with E-state index in [2.05, 4.69) is 29.0 Å². The first-order valence-corrected chi connectivity index (χ1v) is 10.2. The Morgan fingerprint density at radius 1 is 1.26 bits per heavy atom. The van der Waals surface area contributed by atoms with Crippen molar-refractivity contribution in [3.05, 3.63) is 65.9 Å². The van der Waals surface area contributed by atoms with Crippen LogP contribution >= 0.6 is 0 Å². The summed E-state index contributed by atoms with van der Waals surface area (Å²) in [6.45, 7) is 2.37. The van der Waals surface area contributed by atoms with Gasteiger partial charge in [-0.15, -0.1) is 0 Å². The number of para-hydroxylation sites is 1. The lowest BCUT2D eigenvalue weighted by molar-refractivity contribution is 0.195. The van der Waals surface area contributed by atoms with Gasteiger partial charge in [0.25, 0.3) is 0 Å². The molecule has 7 nitrogen and oxygen atoms in total. The number of anilines is 2. The fourth-order valence-corrected chi connectivity index (χ4v) is 3.92. The number of nitriles is 1. The first-order valence-electron chi connectivity index (χ1n) is 10.2. The van der Waals surface area contributed by atoms with E-state index in [-0.39, 0.29) is 12.6 Å². The molecule has 0 radical (unpaired) electrons. The number of hydrogen-bond acceptors (Lipinski definition) is 6. The van der Waals surface area contributed by atoms with Crippen LogP contribution in [0.1, 0.15) is 18.1 Å². The highest BCUT2D eigenvalue weighted by atomic mass is 16.5. The minimum absolute atomic E-state index is 0.0531. The highest BCUT2D eigenvalue weighted by Crippen LogP contribution is 2.44. The van der Waals surface area contributed by atoms with Gasteiger partial charge in [0, 0.05) is 6.20 Å². The molecule has 0 unspecified atom stereocenters. The van der Waals surface area contributed by atoms with Crippen molar-refractivity contribution in [1.29, 1.82) is 5.26 Å². The number of aromatic nitrogens is 3. The van der Waals surface area contributed by atoms with Crippen LogP contribution < -0.4 is 9.64 Å². The largest absolute Gasteiger partial charge is 0.488 e. The highest BCUT2D eigenvalue weighted by molar-refractivity contribution is 5.85. The van der Waals surface area contributed by atoms with E-state index >= 15 is 0 Å². The monoisotopic (exact) mass is 411 g/mol. The second-order valence-electron chi connectivity index (χ2n) is 7.48. The maximum absolute atomic E-state index is 9.99. The lowest BCUT2D eigenvalue weighted by Crippen LogP contribution is -2.43. The number of aliphatic hydroxyl groups excluding tert-OH is 1. The van der Waals surface area contributed by atoms with Gasteiger partial charge in [0.15, 0.2) is 5.75 Å². The molecule has 7 heteroatoms. The fraction of sp³-hybridized carbons (Fsp3) is 0.208. The maximum Gasteiger partial charge on any atom is 0.154 e. The molecule has 1 aliphatic rings. The van der Waals surface area contributed by atoms with Crippen molar-refractivity contribution in [3.8, 4) is 23.2 Å². The van der Waals surface area contributed by atoms with Crippen LogP contribution in [-0.2, 0) is 6.42 Å². The van der Waals surface area contributed by atoms with Crippen molar-refractivity contribution < 1.29 is 9.84 Å². The number of rotatable bonds is 4. The smallest absolute Gasteiger partial charge is 0.154 e. The third-order valence-corrected chi connectivity index (χ3v) is 5.58. The second kappa shape index (κ2) is 7.74. The number of pyridine rings is 1. The average Bonchev–Trinajstić information content (AvgIpc) is 3.26. The van der Waals surface area contributed by atoms with Gasteiger partial charge in [-0.1, -0.05) is 19.1 Å². The highest BCUT2D eigenvalue weighted by Gasteiger charge is 2.31. The van der Waals surface area contributed by atoms with Gasteiger partial charge in [0.05, 0.1) is 46.6 Å². The summed E-state index contributed by atoms with van der Waals surface area (Å²) in [4.78, 5) is 14.7. The number of ether oxygens (including phenoxy) is 1. The Bertz CT molecular complexity index is 1290. The predicted octanol–water partition coefficient (Wildman–Crippen LogP) is 3.95. The maximum atomic E-state index is 9.99. The summed E-state index contributed by atoms with van der Waals surface area (Å²) in [5.41, 5.74) is 4.96. The number of aliphatic hydroxyl groups is 1. The van der Waals surface area contributed by atoms with Crippen LogP contribution in [0.5, 0.6) is 5.75 Å². The van der Waals surface area contributed by atoms with Crippen molar-refractivity contribution in [1.82, 2.24) is 15.0 Å². The van der Waals surface area contributed by atoms with Crippen molar-refractivity contribution >= 4 is 22.5 Å². The van der Waals surface area contributed by atoms with Crippen LogP contribution in [0, 0.1) is 11.3 Å². The zero-order valence-corrected chi connectivity index (χ0v) is 17.0. The number of fused-ring (bicyclic) bond motifs is 2. The molecule has 2 aromatic heterocycles. The van der Waals surface area contributed by atoms with Gasteiger partial charge in [-0.05, 0) is 48.4 Å². The molecule has 2 N–H and O–H groups in total. The third-order valence-electron chi connectivity index (χ3n) is 5.58.